The fourth-order valence-electron chi connectivity index (χ4n) is 12.1. The van der Waals surface area contributed by atoms with E-state index in [2.05, 4.69) is 313 Å². The van der Waals surface area contributed by atoms with Crippen molar-refractivity contribution >= 4 is 38.9 Å². The van der Waals surface area contributed by atoms with Crippen LogP contribution in [0, 0.1) is 0 Å². The molecule has 1 aliphatic rings. The average molecular weight is 955 g/mol. The molecule has 0 saturated carbocycles. The van der Waals surface area contributed by atoms with Crippen molar-refractivity contribution in [3.8, 4) is 61.3 Å². The van der Waals surface area contributed by atoms with Crippen molar-refractivity contribution in [2.24, 2.45) is 0 Å². The number of benzene rings is 12. The number of nitrogens with zero attached hydrogens (tertiary/aromatic N) is 2. The van der Waals surface area contributed by atoms with E-state index in [1.54, 1.807) is 0 Å². The zero-order valence-electron chi connectivity index (χ0n) is 41.3. The van der Waals surface area contributed by atoms with Crippen LogP contribution in [0.15, 0.2) is 303 Å². The van der Waals surface area contributed by atoms with Crippen molar-refractivity contribution in [1.82, 2.24) is 4.57 Å². The van der Waals surface area contributed by atoms with Gasteiger partial charge in [0, 0.05) is 33.4 Å². The Hall–Kier alpha value is -9.76. The SMILES string of the molecule is c1ccc(-c2ccc(N(c3ccc(-c4ccccc4)cc3)c3cccc(-c4cccc(-c5ccc6c(c5)c5ccccc5n6-c5cccc6c5-c5ccccc5C6(c5ccccc5)c5ccccc5)c4)c3)cc2)cc1. The van der Waals surface area contributed by atoms with E-state index in [0.717, 1.165) is 28.2 Å². The van der Waals surface area contributed by atoms with Gasteiger partial charge in [-0.3, -0.25) is 0 Å². The topological polar surface area (TPSA) is 8.17 Å². The summed E-state index contributed by atoms with van der Waals surface area (Å²) in [4.78, 5) is 2.37. The average Bonchev–Trinajstić information content (AvgIpc) is 4.11. The lowest BCUT2D eigenvalue weighted by Gasteiger charge is -2.34. The van der Waals surface area contributed by atoms with E-state index in [1.807, 2.05) is 0 Å². The predicted molar refractivity (Wildman–Crippen MR) is 315 cm³/mol. The van der Waals surface area contributed by atoms with Crippen molar-refractivity contribution in [1.29, 1.82) is 0 Å². The van der Waals surface area contributed by atoms with E-state index in [1.165, 1.54) is 94.3 Å². The highest BCUT2D eigenvalue weighted by atomic mass is 15.1. The van der Waals surface area contributed by atoms with Crippen LogP contribution >= 0.6 is 0 Å². The standard InChI is InChI=1S/C73H50N2/c1-5-20-51(21-6-1)53-38-43-61(44-39-53)74(62-45-40-54(41-46-62)52-22-7-2-8-23-52)63-31-18-26-57(49-63)55-24-17-25-56(48-55)58-42-47-70-66(50-58)64-32-14-16-36-69(64)75(70)71-37-19-35-68-72(71)65-33-13-15-34-67(65)73(68,59-27-9-3-10-28-59)60-29-11-4-12-30-60/h1-50H. The van der Waals surface area contributed by atoms with Gasteiger partial charge in [0.15, 0.2) is 0 Å². The third kappa shape index (κ3) is 7.41. The molecule has 0 N–H and O–H groups in total. The Bertz CT molecular complexity index is 4070. The summed E-state index contributed by atoms with van der Waals surface area (Å²) in [5, 5.41) is 2.46. The quantitative estimate of drug-likeness (QED) is 0.133. The molecular weight excluding hydrogens is 905 g/mol. The third-order valence-corrected chi connectivity index (χ3v) is 15.5. The molecule has 2 nitrogen and oxygen atoms in total. The second kappa shape index (κ2) is 18.4. The number of aromatic nitrogens is 1. The lowest BCUT2D eigenvalue weighted by molar-refractivity contribution is 0.768. The number of fused-ring (bicyclic) bond motifs is 6. The maximum atomic E-state index is 2.51. The molecular formula is C73H50N2. The molecule has 0 aliphatic heterocycles. The molecule has 0 spiro atoms. The second-order valence-electron chi connectivity index (χ2n) is 19.6. The number of hydrogen-bond donors (Lipinski definition) is 0. The molecule has 1 aromatic heterocycles. The lowest BCUT2D eigenvalue weighted by atomic mass is 9.68. The van der Waals surface area contributed by atoms with Crippen molar-refractivity contribution < 1.29 is 0 Å². The summed E-state index contributed by atoms with van der Waals surface area (Å²) in [6.07, 6.45) is 0. The van der Waals surface area contributed by atoms with Crippen LogP contribution in [0.5, 0.6) is 0 Å². The molecule has 0 radical (unpaired) electrons. The number of rotatable bonds is 10. The summed E-state index contributed by atoms with van der Waals surface area (Å²) in [7, 11) is 0. The van der Waals surface area contributed by atoms with Gasteiger partial charge in [0.1, 0.15) is 0 Å². The van der Waals surface area contributed by atoms with E-state index in [9.17, 15) is 0 Å². The van der Waals surface area contributed by atoms with E-state index >= 15 is 0 Å². The normalized spacial score (nSPS) is 12.4. The molecule has 75 heavy (non-hydrogen) atoms. The van der Waals surface area contributed by atoms with Crippen LogP contribution in [0.1, 0.15) is 22.3 Å². The Morgan fingerprint density at radius 1 is 0.267 bits per heavy atom. The van der Waals surface area contributed by atoms with Gasteiger partial charge in [0.05, 0.1) is 22.1 Å². The molecule has 2 heteroatoms. The fraction of sp³-hybridized carbons (Fsp3) is 0.0137. The predicted octanol–water partition coefficient (Wildman–Crippen LogP) is 19.3. The van der Waals surface area contributed by atoms with Crippen LogP contribution in [-0.4, -0.2) is 4.57 Å². The van der Waals surface area contributed by atoms with Crippen LogP contribution in [-0.2, 0) is 5.41 Å². The van der Waals surface area contributed by atoms with Gasteiger partial charge in [-0.15, -0.1) is 0 Å². The van der Waals surface area contributed by atoms with Crippen LogP contribution in [0.2, 0.25) is 0 Å². The van der Waals surface area contributed by atoms with Crippen molar-refractivity contribution in [3.63, 3.8) is 0 Å². The minimum atomic E-state index is -0.485. The van der Waals surface area contributed by atoms with Gasteiger partial charge in [-0.25, -0.2) is 0 Å². The van der Waals surface area contributed by atoms with Gasteiger partial charge in [0.2, 0.25) is 0 Å². The number of anilines is 3. The van der Waals surface area contributed by atoms with Crippen molar-refractivity contribution in [2.45, 2.75) is 5.41 Å². The van der Waals surface area contributed by atoms with Gasteiger partial charge in [-0.05, 0) is 139 Å². The Kier molecular flexibility index (Phi) is 10.8. The molecule has 0 unspecified atom stereocenters. The minimum absolute atomic E-state index is 0.485. The first-order chi connectivity index (χ1) is 37.2. The number of hydrogen-bond acceptors (Lipinski definition) is 1. The largest absolute Gasteiger partial charge is 0.310 e. The summed E-state index contributed by atoms with van der Waals surface area (Å²) in [5.74, 6) is 0. The maximum absolute atomic E-state index is 2.51. The molecule has 0 saturated heterocycles. The Morgan fingerprint density at radius 3 is 1.33 bits per heavy atom. The van der Waals surface area contributed by atoms with E-state index in [-0.39, 0.29) is 0 Å². The molecule has 0 fully saturated rings. The zero-order valence-corrected chi connectivity index (χ0v) is 41.3. The molecule has 352 valence electrons. The molecule has 14 rings (SSSR count). The fourth-order valence-corrected chi connectivity index (χ4v) is 12.1. The van der Waals surface area contributed by atoms with Gasteiger partial charge >= 0.3 is 0 Å². The third-order valence-electron chi connectivity index (χ3n) is 15.5. The van der Waals surface area contributed by atoms with Crippen LogP contribution in [0.25, 0.3) is 83.1 Å². The summed E-state index contributed by atoms with van der Waals surface area (Å²) in [5.41, 5.74) is 23.5. The maximum Gasteiger partial charge on any atom is 0.0714 e. The molecule has 0 atom stereocenters. The Labute approximate surface area is 438 Å². The summed E-state index contributed by atoms with van der Waals surface area (Å²) < 4.78 is 2.51. The zero-order chi connectivity index (χ0) is 49.7. The highest BCUT2D eigenvalue weighted by Gasteiger charge is 2.47. The van der Waals surface area contributed by atoms with Gasteiger partial charge < -0.3 is 9.47 Å². The lowest BCUT2D eigenvalue weighted by Crippen LogP contribution is -2.28. The smallest absolute Gasteiger partial charge is 0.0714 e. The summed E-state index contributed by atoms with van der Waals surface area (Å²) >= 11 is 0. The molecule has 0 amide bonds. The van der Waals surface area contributed by atoms with Gasteiger partial charge in [-0.1, -0.05) is 237 Å². The van der Waals surface area contributed by atoms with Crippen molar-refractivity contribution in [2.75, 3.05) is 4.90 Å². The molecule has 1 aliphatic carbocycles. The molecule has 1 heterocycles. The summed E-state index contributed by atoms with van der Waals surface area (Å²) in [6, 6.07) is 111. The second-order valence-corrected chi connectivity index (χ2v) is 19.6. The van der Waals surface area contributed by atoms with E-state index in [4.69, 9.17) is 0 Å². The first kappa shape index (κ1) is 44.0. The number of para-hydroxylation sites is 1. The van der Waals surface area contributed by atoms with Gasteiger partial charge in [-0.2, -0.15) is 0 Å². The summed E-state index contributed by atoms with van der Waals surface area (Å²) in [6.45, 7) is 0. The van der Waals surface area contributed by atoms with Crippen LogP contribution < -0.4 is 4.90 Å². The van der Waals surface area contributed by atoms with Crippen LogP contribution in [0.3, 0.4) is 0 Å². The molecule has 13 aromatic rings. The molecule has 12 aromatic carbocycles. The monoisotopic (exact) mass is 954 g/mol. The Morgan fingerprint density at radius 2 is 0.707 bits per heavy atom. The van der Waals surface area contributed by atoms with E-state index < -0.39 is 5.41 Å². The molecule has 0 bridgehead atoms. The van der Waals surface area contributed by atoms with Gasteiger partial charge in [0.25, 0.3) is 0 Å². The first-order valence-corrected chi connectivity index (χ1v) is 25.9. The minimum Gasteiger partial charge on any atom is -0.310 e. The van der Waals surface area contributed by atoms with Crippen molar-refractivity contribution in [3.05, 3.63) is 326 Å². The first-order valence-electron chi connectivity index (χ1n) is 25.9. The highest BCUT2D eigenvalue weighted by molar-refractivity contribution is 6.11. The van der Waals surface area contributed by atoms with E-state index in [0.29, 0.717) is 0 Å². The van der Waals surface area contributed by atoms with Crippen LogP contribution in [0.4, 0.5) is 17.1 Å². The highest BCUT2D eigenvalue weighted by Crippen LogP contribution is 2.58. The Balaban J connectivity index is 0.864.